The van der Waals surface area contributed by atoms with Gasteiger partial charge in [0.25, 0.3) is 0 Å². The molecular weight excluding hydrogens is 298 g/mol. The molecule has 0 bridgehead atoms. The third-order valence-electron chi connectivity index (χ3n) is 3.75. The Balaban J connectivity index is 2.16. The number of hydrogen-bond donors (Lipinski definition) is 2. The van der Waals surface area contributed by atoms with Crippen molar-refractivity contribution in [2.45, 2.75) is 6.54 Å². The summed E-state index contributed by atoms with van der Waals surface area (Å²) in [4.78, 5) is 0. The summed E-state index contributed by atoms with van der Waals surface area (Å²) >= 11 is 0. The number of nitrogens with two attached hydrogens (primary N) is 1. The Morgan fingerprint density at radius 3 is 2.52 bits per heavy atom. The molecule has 0 radical (unpaired) electrons. The van der Waals surface area contributed by atoms with Gasteiger partial charge in [-0.05, 0) is 17.2 Å². The summed E-state index contributed by atoms with van der Waals surface area (Å²) in [5.41, 5.74) is 9.25. The molecule has 2 aromatic carbocycles. The zero-order valence-corrected chi connectivity index (χ0v) is 12.4. The Kier molecular flexibility index (Phi) is 4.08. The van der Waals surface area contributed by atoms with E-state index in [2.05, 4.69) is 17.1 Å². The van der Waals surface area contributed by atoms with Gasteiger partial charge < -0.3 is 11.1 Å². The van der Waals surface area contributed by atoms with Crippen LogP contribution >= 0.6 is 0 Å². The number of hydrazone groups is 1. The Labute approximate surface area is 132 Å². The minimum atomic E-state index is -0.933. The van der Waals surface area contributed by atoms with E-state index in [-0.39, 0.29) is 0 Å². The normalized spacial score (nSPS) is 16.5. The van der Waals surface area contributed by atoms with Crippen molar-refractivity contribution < 1.29 is 8.78 Å². The maximum absolute atomic E-state index is 13.7. The van der Waals surface area contributed by atoms with E-state index in [1.54, 1.807) is 0 Å². The average molecular weight is 314 g/mol. The Bertz CT molecular complexity index is 772. The standard InChI is InChI=1S/C17H16F2N4/c1-21-23-15-8-14(19)13(18)7-12(15)9-22-10-16(23)17(20)11-5-3-2-4-6-11/h2-8,22H,1,9-10,20H2/b17-16-. The first kappa shape index (κ1) is 15.2. The molecule has 1 aliphatic rings. The molecule has 6 heteroatoms. The molecule has 3 rings (SSSR count). The van der Waals surface area contributed by atoms with Crippen LogP contribution in [0, 0.1) is 11.6 Å². The van der Waals surface area contributed by atoms with Gasteiger partial charge in [-0.2, -0.15) is 5.10 Å². The molecule has 118 valence electrons. The van der Waals surface area contributed by atoms with Gasteiger partial charge in [0.15, 0.2) is 11.6 Å². The number of nitrogens with zero attached hydrogens (tertiary/aromatic N) is 2. The van der Waals surface area contributed by atoms with Crippen LogP contribution in [0.1, 0.15) is 11.1 Å². The van der Waals surface area contributed by atoms with Crippen molar-refractivity contribution in [1.29, 1.82) is 0 Å². The van der Waals surface area contributed by atoms with Crippen LogP contribution in [0.5, 0.6) is 0 Å². The molecule has 0 fully saturated rings. The van der Waals surface area contributed by atoms with Gasteiger partial charge in [-0.15, -0.1) is 0 Å². The smallest absolute Gasteiger partial charge is 0.160 e. The molecule has 0 amide bonds. The summed E-state index contributed by atoms with van der Waals surface area (Å²) in [7, 11) is 0. The fourth-order valence-corrected chi connectivity index (χ4v) is 2.61. The zero-order valence-electron chi connectivity index (χ0n) is 12.4. The average Bonchev–Trinajstić information content (AvgIpc) is 2.74. The molecule has 0 saturated carbocycles. The highest BCUT2D eigenvalue weighted by Crippen LogP contribution is 2.31. The van der Waals surface area contributed by atoms with Crippen molar-refractivity contribution in [2.24, 2.45) is 10.8 Å². The maximum atomic E-state index is 13.7. The van der Waals surface area contributed by atoms with Crippen LogP contribution < -0.4 is 16.1 Å². The number of fused-ring (bicyclic) bond motifs is 1. The molecule has 2 aromatic rings. The lowest BCUT2D eigenvalue weighted by molar-refractivity contribution is 0.507. The highest BCUT2D eigenvalue weighted by Gasteiger charge is 2.23. The molecule has 0 saturated heterocycles. The summed E-state index contributed by atoms with van der Waals surface area (Å²) < 4.78 is 27.2. The van der Waals surface area contributed by atoms with Crippen molar-refractivity contribution >= 4 is 18.1 Å². The van der Waals surface area contributed by atoms with Crippen LogP contribution in [-0.4, -0.2) is 13.3 Å². The van der Waals surface area contributed by atoms with Crippen molar-refractivity contribution in [3.63, 3.8) is 0 Å². The van der Waals surface area contributed by atoms with Crippen molar-refractivity contribution in [2.75, 3.05) is 11.6 Å². The predicted molar refractivity (Wildman–Crippen MR) is 87.6 cm³/mol. The first-order valence-corrected chi connectivity index (χ1v) is 7.11. The topological polar surface area (TPSA) is 53.6 Å². The highest BCUT2D eigenvalue weighted by atomic mass is 19.2. The van der Waals surface area contributed by atoms with E-state index in [1.165, 1.54) is 5.01 Å². The molecule has 0 spiro atoms. The third-order valence-corrected chi connectivity index (χ3v) is 3.75. The quantitative estimate of drug-likeness (QED) is 0.838. The van der Waals surface area contributed by atoms with Crippen LogP contribution in [-0.2, 0) is 6.54 Å². The first-order chi connectivity index (χ1) is 11.1. The zero-order chi connectivity index (χ0) is 16.4. The van der Waals surface area contributed by atoms with Gasteiger partial charge in [0.05, 0.1) is 17.1 Å². The van der Waals surface area contributed by atoms with Gasteiger partial charge in [-0.1, -0.05) is 30.3 Å². The van der Waals surface area contributed by atoms with Gasteiger partial charge in [-0.25, -0.2) is 13.8 Å². The summed E-state index contributed by atoms with van der Waals surface area (Å²) in [6.07, 6.45) is 0. The minimum Gasteiger partial charge on any atom is -0.397 e. The van der Waals surface area contributed by atoms with E-state index in [4.69, 9.17) is 5.73 Å². The van der Waals surface area contributed by atoms with E-state index >= 15 is 0 Å². The van der Waals surface area contributed by atoms with Crippen LogP contribution in [0.3, 0.4) is 0 Å². The predicted octanol–water partition coefficient (Wildman–Crippen LogP) is 2.82. The number of rotatable bonds is 2. The van der Waals surface area contributed by atoms with Gasteiger partial charge in [0.2, 0.25) is 0 Å². The second-order valence-electron chi connectivity index (χ2n) is 5.18. The number of nitrogens with one attached hydrogen (secondary N) is 1. The van der Waals surface area contributed by atoms with E-state index in [0.717, 1.165) is 17.7 Å². The van der Waals surface area contributed by atoms with E-state index in [9.17, 15) is 8.78 Å². The molecule has 0 aromatic heterocycles. The molecular formula is C17H16F2N4. The molecule has 0 unspecified atom stereocenters. The van der Waals surface area contributed by atoms with Gasteiger partial charge in [0, 0.05) is 25.9 Å². The second kappa shape index (κ2) is 6.18. The Morgan fingerprint density at radius 1 is 1.13 bits per heavy atom. The SMILES string of the molecule is C=NN1/C(=C(\N)c2ccccc2)CNCc2cc(F)c(F)cc21. The molecule has 0 atom stereocenters. The number of anilines is 1. The van der Waals surface area contributed by atoms with Crippen molar-refractivity contribution in [3.8, 4) is 0 Å². The number of hydrogen-bond acceptors (Lipinski definition) is 4. The van der Waals surface area contributed by atoms with Crippen molar-refractivity contribution in [3.05, 3.63) is 70.9 Å². The van der Waals surface area contributed by atoms with Crippen LogP contribution in [0.2, 0.25) is 0 Å². The lowest BCUT2D eigenvalue weighted by Gasteiger charge is -2.23. The van der Waals surface area contributed by atoms with E-state index in [1.807, 2.05) is 30.3 Å². The molecule has 23 heavy (non-hydrogen) atoms. The molecule has 1 heterocycles. The second-order valence-corrected chi connectivity index (χ2v) is 5.18. The third kappa shape index (κ3) is 2.80. The summed E-state index contributed by atoms with van der Waals surface area (Å²) in [6, 6.07) is 11.7. The van der Waals surface area contributed by atoms with E-state index in [0.29, 0.717) is 35.7 Å². The van der Waals surface area contributed by atoms with Gasteiger partial charge >= 0.3 is 0 Å². The van der Waals surface area contributed by atoms with Gasteiger partial charge in [0.1, 0.15) is 0 Å². The van der Waals surface area contributed by atoms with Crippen LogP contribution in [0.4, 0.5) is 14.5 Å². The van der Waals surface area contributed by atoms with Crippen LogP contribution in [0.15, 0.2) is 53.3 Å². The fraction of sp³-hybridized carbons (Fsp3) is 0.118. The monoisotopic (exact) mass is 314 g/mol. The lowest BCUT2D eigenvalue weighted by atomic mass is 10.1. The Hall–Kier alpha value is -2.73. The van der Waals surface area contributed by atoms with Crippen molar-refractivity contribution in [1.82, 2.24) is 5.32 Å². The fourth-order valence-electron chi connectivity index (χ4n) is 2.61. The summed E-state index contributed by atoms with van der Waals surface area (Å²) in [5, 5.41) is 8.58. The first-order valence-electron chi connectivity index (χ1n) is 7.11. The summed E-state index contributed by atoms with van der Waals surface area (Å²) in [5.74, 6) is -1.82. The maximum Gasteiger partial charge on any atom is 0.160 e. The summed E-state index contributed by atoms with van der Waals surface area (Å²) in [6.45, 7) is 4.33. The van der Waals surface area contributed by atoms with E-state index < -0.39 is 11.6 Å². The molecule has 0 aliphatic carbocycles. The molecule has 3 N–H and O–H groups in total. The molecule has 4 nitrogen and oxygen atoms in total. The largest absolute Gasteiger partial charge is 0.397 e. The number of benzene rings is 2. The van der Waals surface area contributed by atoms with Gasteiger partial charge in [-0.3, -0.25) is 0 Å². The molecule has 1 aliphatic heterocycles. The Morgan fingerprint density at radius 2 is 1.83 bits per heavy atom. The van der Waals surface area contributed by atoms with Crippen LogP contribution in [0.25, 0.3) is 5.70 Å². The highest BCUT2D eigenvalue weighted by molar-refractivity contribution is 5.73. The minimum absolute atomic E-state index is 0.379. The number of halogens is 2. The lowest BCUT2D eigenvalue weighted by Crippen LogP contribution is -2.25.